The minimum Gasteiger partial charge on any atom is -0.322 e. The molecule has 2 aromatic carbocycles. The predicted molar refractivity (Wildman–Crippen MR) is 98.6 cm³/mol. The number of nitrogens with one attached hydrogen (secondary N) is 1. The largest absolute Gasteiger partial charge is 0.322 e. The van der Waals surface area contributed by atoms with Gasteiger partial charge >= 0.3 is 0 Å². The molecule has 0 heterocycles. The van der Waals surface area contributed by atoms with Crippen molar-refractivity contribution in [3.63, 3.8) is 0 Å². The fourth-order valence-corrected chi connectivity index (χ4v) is 2.24. The lowest BCUT2D eigenvalue weighted by molar-refractivity contribution is -0.119. The summed E-state index contributed by atoms with van der Waals surface area (Å²) in [7, 11) is 0. The van der Waals surface area contributed by atoms with Crippen molar-refractivity contribution < 1.29 is 9.59 Å². The first-order valence-electron chi connectivity index (χ1n) is 6.73. The highest BCUT2D eigenvalue weighted by atomic mass is 35.6. The number of carbonyl (C=O) groups is 2. The Morgan fingerprint density at radius 2 is 1.50 bits per heavy atom. The van der Waals surface area contributed by atoms with Crippen LogP contribution < -0.4 is 5.32 Å². The van der Waals surface area contributed by atoms with Gasteiger partial charge in [-0.1, -0.05) is 88.9 Å². The van der Waals surface area contributed by atoms with Crippen LogP contribution in [0.4, 0.5) is 0 Å². The van der Waals surface area contributed by atoms with Crippen LogP contribution in [0.25, 0.3) is 5.70 Å². The number of benzene rings is 2. The summed E-state index contributed by atoms with van der Waals surface area (Å²) in [5.41, 5.74) is 1.09. The molecule has 0 atom stereocenters. The number of hydrogen-bond donors (Lipinski definition) is 1. The van der Waals surface area contributed by atoms with Crippen molar-refractivity contribution in [2.24, 2.45) is 0 Å². The Morgan fingerprint density at radius 1 is 0.917 bits per heavy atom. The Morgan fingerprint density at radius 3 is 2.08 bits per heavy atom. The summed E-state index contributed by atoms with van der Waals surface area (Å²) in [4.78, 5) is 24.4. The van der Waals surface area contributed by atoms with E-state index in [-0.39, 0.29) is 11.5 Å². The Bertz CT molecular complexity index is 783. The third-order valence-corrected chi connectivity index (χ3v) is 3.85. The molecule has 124 valence electrons. The number of alkyl halides is 3. The highest BCUT2D eigenvalue weighted by Gasteiger charge is 2.31. The lowest BCUT2D eigenvalue weighted by Crippen LogP contribution is -2.33. The Kier molecular flexibility index (Phi) is 6.30. The summed E-state index contributed by atoms with van der Waals surface area (Å²) in [5.74, 6) is -1.25. The molecule has 7 heteroatoms. The highest BCUT2D eigenvalue weighted by Crippen LogP contribution is 2.27. The van der Waals surface area contributed by atoms with Crippen LogP contribution in [-0.4, -0.2) is 15.5 Å². The maximum atomic E-state index is 12.5. The second kappa shape index (κ2) is 8.04. The molecule has 0 aromatic heterocycles. The fraction of sp³-hybridized carbons (Fsp3) is 0.0588. The van der Waals surface area contributed by atoms with E-state index in [1.807, 2.05) is 0 Å². The molecule has 1 amide bonds. The molecular formula is C17H11Cl4NO2. The Hall–Kier alpha value is -1.52. The van der Waals surface area contributed by atoms with Crippen LogP contribution in [0.1, 0.15) is 15.9 Å². The molecule has 0 radical (unpaired) electrons. The van der Waals surface area contributed by atoms with Crippen molar-refractivity contribution >= 4 is 63.8 Å². The van der Waals surface area contributed by atoms with Gasteiger partial charge in [0.1, 0.15) is 0 Å². The number of carbonyl (C=O) groups excluding carboxylic acids is 2. The minimum absolute atomic E-state index is 0.205. The van der Waals surface area contributed by atoms with Gasteiger partial charge in [0.15, 0.2) is 5.78 Å². The van der Waals surface area contributed by atoms with E-state index >= 15 is 0 Å². The summed E-state index contributed by atoms with van der Waals surface area (Å²) in [5, 5.41) is 2.76. The highest BCUT2D eigenvalue weighted by molar-refractivity contribution is 6.76. The predicted octanol–water partition coefficient (Wildman–Crippen LogP) is 5.05. The third kappa shape index (κ3) is 4.99. The first-order valence-corrected chi connectivity index (χ1v) is 8.24. The first-order chi connectivity index (χ1) is 11.3. The molecule has 0 aliphatic rings. The Balaban J connectivity index is 2.41. The lowest BCUT2D eigenvalue weighted by Gasteiger charge is -2.14. The van der Waals surface area contributed by atoms with E-state index in [1.54, 1.807) is 54.6 Å². The zero-order valence-corrected chi connectivity index (χ0v) is 15.1. The van der Waals surface area contributed by atoms with E-state index in [4.69, 9.17) is 46.4 Å². The van der Waals surface area contributed by atoms with Gasteiger partial charge in [-0.15, -0.1) is 0 Å². The van der Waals surface area contributed by atoms with Crippen molar-refractivity contribution in [2.75, 3.05) is 0 Å². The molecule has 0 saturated heterocycles. The van der Waals surface area contributed by atoms with Crippen LogP contribution in [-0.2, 0) is 4.79 Å². The first kappa shape index (κ1) is 18.8. The summed E-state index contributed by atoms with van der Waals surface area (Å²) in [6, 6.07) is 15.3. The van der Waals surface area contributed by atoms with Gasteiger partial charge < -0.3 is 5.32 Å². The molecule has 0 unspecified atom stereocenters. The lowest BCUT2D eigenvalue weighted by atomic mass is 10.1. The van der Waals surface area contributed by atoms with Crippen LogP contribution in [0.2, 0.25) is 5.02 Å². The van der Waals surface area contributed by atoms with Gasteiger partial charge in [0.05, 0.1) is 10.7 Å². The molecule has 3 nitrogen and oxygen atoms in total. The number of amides is 1. The Labute approximate surface area is 159 Å². The van der Waals surface area contributed by atoms with Gasteiger partial charge in [0.25, 0.3) is 9.70 Å². The van der Waals surface area contributed by atoms with E-state index in [1.165, 1.54) is 6.08 Å². The summed E-state index contributed by atoms with van der Waals surface area (Å²) in [6.07, 6.45) is 1.24. The van der Waals surface area contributed by atoms with Crippen molar-refractivity contribution in [1.29, 1.82) is 0 Å². The van der Waals surface area contributed by atoms with Crippen molar-refractivity contribution in [2.45, 2.75) is 3.79 Å². The van der Waals surface area contributed by atoms with Gasteiger partial charge in [-0.25, -0.2) is 0 Å². The molecule has 0 aliphatic carbocycles. The molecule has 2 rings (SSSR count). The second-order valence-corrected chi connectivity index (χ2v) is 7.41. The van der Waals surface area contributed by atoms with Crippen LogP contribution in [0.3, 0.4) is 0 Å². The van der Waals surface area contributed by atoms with Gasteiger partial charge in [0.2, 0.25) is 0 Å². The standard InChI is InChI=1S/C17H11Cl4NO2/c18-13-9-5-4-8-12(13)15(23)10-14(11-6-2-1-3-7-11)22-16(24)17(19,20)21/h1-10H,(H,22,24)/b14-10-. The molecule has 0 aliphatic heterocycles. The van der Waals surface area contributed by atoms with Crippen LogP contribution in [0.5, 0.6) is 0 Å². The van der Waals surface area contributed by atoms with E-state index in [9.17, 15) is 9.59 Å². The minimum atomic E-state index is -2.15. The summed E-state index contributed by atoms with van der Waals surface area (Å²) >= 11 is 22.8. The van der Waals surface area contributed by atoms with Gasteiger partial charge in [-0.05, 0) is 17.7 Å². The van der Waals surface area contributed by atoms with Crippen LogP contribution >= 0.6 is 46.4 Å². The maximum Gasteiger partial charge on any atom is 0.276 e. The van der Waals surface area contributed by atoms with Crippen molar-refractivity contribution in [3.05, 3.63) is 76.8 Å². The van der Waals surface area contributed by atoms with E-state index in [0.29, 0.717) is 16.1 Å². The molecule has 2 aromatic rings. The van der Waals surface area contributed by atoms with Crippen LogP contribution in [0.15, 0.2) is 60.7 Å². The van der Waals surface area contributed by atoms with Crippen molar-refractivity contribution in [3.8, 4) is 0 Å². The van der Waals surface area contributed by atoms with Gasteiger partial charge in [0, 0.05) is 11.6 Å². The third-order valence-electron chi connectivity index (χ3n) is 3.01. The molecule has 0 bridgehead atoms. The normalized spacial score (nSPS) is 11.9. The average Bonchev–Trinajstić information content (AvgIpc) is 2.54. The summed E-state index contributed by atoms with van der Waals surface area (Å²) < 4.78 is -2.15. The topological polar surface area (TPSA) is 46.2 Å². The molecule has 0 spiro atoms. The summed E-state index contributed by atoms with van der Waals surface area (Å²) in [6.45, 7) is 0. The van der Waals surface area contributed by atoms with Crippen molar-refractivity contribution in [1.82, 2.24) is 5.32 Å². The molecular weight excluding hydrogens is 392 g/mol. The molecule has 0 saturated carbocycles. The SMILES string of the molecule is O=C(/C=C(\NC(=O)C(Cl)(Cl)Cl)c1ccccc1)c1ccccc1Cl. The number of halogens is 4. The second-order valence-electron chi connectivity index (χ2n) is 4.72. The quantitative estimate of drug-likeness (QED) is 0.441. The molecule has 1 N–H and O–H groups in total. The number of hydrogen-bond acceptors (Lipinski definition) is 2. The number of allylic oxidation sites excluding steroid dienone is 1. The average molecular weight is 403 g/mol. The van der Waals surface area contributed by atoms with Gasteiger partial charge in [-0.3, -0.25) is 9.59 Å². The van der Waals surface area contributed by atoms with Gasteiger partial charge in [-0.2, -0.15) is 0 Å². The number of rotatable bonds is 4. The fourth-order valence-electron chi connectivity index (χ4n) is 1.87. The zero-order chi connectivity index (χ0) is 17.7. The smallest absolute Gasteiger partial charge is 0.276 e. The van der Waals surface area contributed by atoms with E-state index in [0.717, 1.165) is 0 Å². The zero-order valence-electron chi connectivity index (χ0n) is 12.1. The molecule has 24 heavy (non-hydrogen) atoms. The van der Waals surface area contributed by atoms with E-state index in [2.05, 4.69) is 5.32 Å². The maximum absolute atomic E-state index is 12.5. The van der Waals surface area contributed by atoms with Crippen LogP contribution in [0, 0.1) is 0 Å². The molecule has 0 fully saturated rings. The van der Waals surface area contributed by atoms with E-state index < -0.39 is 9.70 Å². The number of ketones is 1. The monoisotopic (exact) mass is 401 g/mol.